The number of imide groups is 1. The number of amides is 3. The predicted octanol–water partition coefficient (Wildman–Crippen LogP) is 2.63. The summed E-state index contributed by atoms with van der Waals surface area (Å²) >= 11 is 0. The van der Waals surface area contributed by atoms with Crippen LogP contribution in [0.1, 0.15) is 12.5 Å². The third-order valence-electron chi connectivity index (χ3n) is 3.81. The fourth-order valence-electron chi connectivity index (χ4n) is 2.59. The molecule has 22 heavy (non-hydrogen) atoms. The van der Waals surface area contributed by atoms with Crippen molar-refractivity contribution >= 4 is 23.3 Å². The van der Waals surface area contributed by atoms with E-state index in [0.29, 0.717) is 17.9 Å². The summed E-state index contributed by atoms with van der Waals surface area (Å²) in [6.45, 7) is 2.15. The van der Waals surface area contributed by atoms with Gasteiger partial charge in [-0.1, -0.05) is 36.4 Å². The van der Waals surface area contributed by atoms with E-state index >= 15 is 0 Å². The van der Waals surface area contributed by atoms with E-state index in [1.54, 1.807) is 36.1 Å². The molecule has 5 heteroatoms. The SMILES string of the molecule is C[C@H]1C(=O)N(c2cccc(N)c2)C(=O)N1Cc1ccccc1. The van der Waals surface area contributed by atoms with Crippen LogP contribution in [0.3, 0.4) is 0 Å². The molecule has 1 aliphatic rings. The lowest BCUT2D eigenvalue weighted by atomic mass is 10.2. The molecular weight excluding hydrogens is 278 g/mol. The second-order valence-corrected chi connectivity index (χ2v) is 5.34. The van der Waals surface area contributed by atoms with E-state index in [-0.39, 0.29) is 11.9 Å². The Labute approximate surface area is 128 Å². The van der Waals surface area contributed by atoms with Crippen LogP contribution in [0, 0.1) is 0 Å². The fraction of sp³-hybridized carbons (Fsp3) is 0.176. The van der Waals surface area contributed by atoms with Gasteiger partial charge in [-0.05, 0) is 30.7 Å². The quantitative estimate of drug-likeness (QED) is 0.699. The van der Waals surface area contributed by atoms with Crippen LogP contribution in [0.5, 0.6) is 0 Å². The number of rotatable bonds is 3. The topological polar surface area (TPSA) is 66.6 Å². The van der Waals surface area contributed by atoms with Crippen LogP contribution >= 0.6 is 0 Å². The molecule has 3 amide bonds. The number of anilines is 2. The standard InChI is InChI=1S/C17H17N3O2/c1-12-16(21)20(15-9-5-8-14(18)10-15)17(22)19(12)11-13-6-3-2-4-7-13/h2-10,12H,11,18H2,1H3/t12-/m0/s1. The maximum atomic E-state index is 12.6. The Kier molecular flexibility index (Phi) is 3.55. The summed E-state index contributed by atoms with van der Waals surface area (Å²) in [5.41, 5.74) is 7.77. The Hall–Kier alpha value is -2.82. The Morgan fingerprint density at radius 3 is 2.45 bits per heavy atom. The van der Waals surface area contributed by atoms with Crippen LogP contribution in [-0.2, 0) is 11.3 Å². The van der Waals surface area contributed by atoms with Crippen LogP contribution in [0.2, 0.25) is 0 Å². The molecule has 3 rings (SSSR count). The van der Waals surface area contributed by atoms with E-state index < -0.39 is 6.04 Å². The normalized spacial score (nSPS) is 18.1. The number of hydrogen-bond acceptors (Lipinski definition) is 3. The molecule has 0 spiro atoms. The smallest absolute Gasteiger partial charge is 0.332 e. The van der Waals surface area contributed by atoms with Crippen molar-refractivity contribution in [2.24, 2.45) is 0 Å². The first-order chi connectivity index (χ1) is 10.6. The zero-order chi connectivity index (χ0) is 15.7. The highest BCUT2D eigenvalue weighted by Gasteiger charge is 2.43. The first-order valence-electron chi connectivity index (χ1n) is 7.12. The molecular formula is C17H17N3O2. The van der Waals surface area contributed by atoms with Crippen molar-refractivity contribution in [3.05, 3.63) is 60.2 Å². The van der Waals surface area contributed by atoms with Gasteiger partial charge in [0.15, 0.2) is 0 Å². The van der Waals surface area contributed by atoms with Crippen molar-refractivity contribution in [2.45, 2.75) is 19.5 Å². The van der Waals surface area contributed by atoms with Crippen molar-refractivity contribution in [1.82, 2.24) is 4.90 Å². The Bertz CT molecular complexity index is 715. The van der Waals surface area contributed by atoms with Crippen LogP contribution in [0.15, 0.2) is 54.6 Å². The van der Waals surface area contributed by atoms with E-state index in [0.717, 1.165) is 5.56 Å². The maximum absolute atomic E-state index is 12.6. The first kappa shape index (κ1) is 14.1. The van der Waals surface area contributed by atoms with Crippen LogP contribution in [0.25, 0.3) is 0 Å². The molecule has 0 saturated carbocycles. The van der Waals surface area contributed by atoms with E-state index in [2.05, 4.69) is 0 Å². The van der Waals surface area contributed by atoms with Crippen LogP contribution in [0.4, 0.5) is 16.2 Å². The van der Waals surface area contributed by atoms with E-state index in [1.807, 2.05) is 30.3 Å². The van der Waals surface area contributed by atoms with Gasteiger partial charge in [-0.25, -0.2) is 9.69 Å². The van der Waals surface area contributed by atoms with Crippen molar-refractivity contribution in [3.8, 4) is 0 Å². The average molecular weight is 295 g/mol. The van der Waals surface area contributed by atoms with E-state index in [1.165, 1.54) is 4.90 Å². The van der Waals surface area contributed by atoms with Gasteiger partial charge in [0.2, 0.25) is 0 Å². The van der Waals surface area contributed by atoms with Crippen molar-refractivity contribution in [1.29, 1.82) is 0 Å². The molecule has 1 atom stereocenters. The number of urea groups is 1. The number of carbonyl (C=O) groups excluding carboxylic acids is 2. The Morgan fingerprint density at radius 2 is 1.77 bits per heavy atom. The number of carbonyl (C=O) groups is 2. The summed E-state index contributed by atoms with van der Waals surface area (Å²) in [6, 6.07) is 15.6. The number of benzene rings is 2. The van der Waals surface area contributed by atoms with Gasteiger partial charge >= 0.3 is 6.03 Å². The summed E-state index contributed by atoms with van der Waals surface area (Å²) < 4.78 is 0. The predicted molar refractivity (Wildman–Crippen MR) is 85.2 cm³/mol. The lowest BCUT2D eigenvalue weighted by molar-refractivity contribution is -0.119. The zero-order valence-electron chi connectivity index (χ0n) is 12.3. The Balaban J connectivity index is 1.89. The largest absolute Gasteiger partial charge is 0.399 e. The minimum Gasteiger partial charge on any atom is -0.399 e. The summed E-state index contributed by atoms with van der Waals surface area (Å²) in [5, 5.41) is 0. The minimum atomic E-state index is -0.492. The first-order valence-corrected chi connectivity index (χ1v) is 7.12. The zero-order valence-corrected chi connectivity index (χ0v) is 12.3. The summed E-state index contributed by atoms with van der Waals surface area (Å²) in [7, 11) is 0. The van der Waals surface area contributed by atoms with Crippen LogP contribution in [-0.4, -0.2) is 22.9 Å². The van der Waals surface area contributed by atoms with Gasteiger partial charge in [0.1, 0.15) is 6.04 Å². The number of hydrogen-bond donors (Lipinski definition) is 1. The molecule has 1 saturated heterocycles. The van der Waals surface area contributed by atoms with Gasteiger partial charge < -0.3 is 10.6 Å². The third kappa shape index (κ3) is 2.41. The highest BCUT2D eigenvalue weighted by Crippen LogP contribution is 2.27. The number of nitrogen functional groups attached to an aromatic ring is 1. The summed E-state index contributed by atoms with van der Waals surface area (Å²) in [5.74, 6) is -0.230. The average Bonchev–Trinajstić information content (AvgIpc) is 2.72. The second kappa shape index (κ2) is 5.52. The highest BCUT2D eigenvalue weighted by molar-refractivity contribution is 6.21. The summed E-state index contributed by atoms with van der Waals surface area (Å²) in [6.07, 6.45) is 0. The monoisotopic (exact) mass is 295 g/mol. The van der Waals surface area contributed by atoms with Crippen molar-refractivity contribution < 1.29 is 9.59 Å². The van der Waals surface area contributed by atoms with Gasteiger partial charge in [-0.15, -0.1) is 0 Å². The molecule has 0 aliphatic carbocycles. The fourth-order valence-corrected chi connectivity index (χ4v) is 2.59. The molecule has 1 aliphatic heterocycles. The maximum Gasteiger partial charge on any atom is 0.332 e. The molecule has 0 aromatic heterocycles. The molecule has 2 aromatic rings. The Morgan fingerprint density at radius 1 is 1.05 bits per heavy atom. The van der Waals surface area contributed by atoms with E-state index in [9.17, 15) is 9.59 Å². The lowest BCUT2D eigenvalue weighted by Crippen LogP contribution is -2.33. The van der Waals surface area contributed by atoms with Gasteiger partial charge in [-0.2, -0.15) is 0 Å². The molecule has 0 unspecified atom stereocenters. The van der Waals surface area contributed by atoms with Crippen LogP contribution < -0.4 is 10.6 Å². The third-order valence-corrected chi connectivity index (χ3v) is 3.81. The molecule has 0 bridgehead atoms. The van der Waals surface area contributed by atoms with Gasteiger partial charge in [0, 0.05) is 12.2 Å². The number of nitrogens with zero attached hydrogens (tertiary/aromatic N) is 2. The molecule has 1 fully saturated rings. The van der Waals surface area contributed by atoms with Crippen molar-refractivity contribution in [2.75, 3.05) is 10.6 Å². The molecule has 1 heterocycles. The van der Waals surface area contributed by atoms with E-state index in [4.69, 9.17) is 5.73 Å². The molecule has 0 radical (unpaired) electrons. The minimum absolute atomic E-state index is 0.230. The molecule has 2 aromatic carbocycles. The molecule has 5 nitrogen and oxygen atoms in total. The van der Waals surface area contributed by atoms with Gasteiger partial charge in [0.25, 0.3) is 5.91 Å². The molecule has 2 N–H and O–H groups in total. The highest BCUT2D eigenvalue weighted by atomic mass is 16.2. The second-order valence-electron chi connectivity index (χ2n) is 5.34. The molecule has 112 valence electrons. The number of nitrogens with two attached hydrogens (primary N) is 1. The van der Waals surface area contributed by atoms with Crippen molar-refractivity contribution in [3.63, 3.8) is 0 Å². The summed E-state index contributed by atoms with van der Waals surface area (Å²) in [4.78, 5) is 27.9. The lowest BCUT2D eigenvalue weighted by Gasteiger charge is -2.19. The van der Waals surface area contributed by atoms with Gasteiger partial charge in [-0.3, -0.25) is 4.79 Å². The van der Waals surface area contributed by atoms with Gasteiger partial charge in [0.05, 0.1) is 5.69 Å².